The lowest BCUT2D eigenvalue weighted by molar-refractivity contribution is 0.125. The van der Waals surface area contributed by atoms with Crippen LogP contribution in [-0.2, 0) is 15.7 Å². The minimum atomic E-state index is -0.270. The number of hydrogen-bond donors (Lipinski definition) is 0. The molecule has 3 heteroatoms. The Hall–Kier alpha value is -1.06. The molecule has 0 saturated carbocycles. The van der Waals surface area contributed by atoms with Crippen LogP contribution in [0.1, 0.15) is 40.2 Å². The Morgan fingerprint density at radius 1 is 1.15 bits per heavy atom. The van der Waals surface area contributed by atoms with E-state index in [1.54, 1.807) is 0 Å². The summed E-state index contributed by atoms with van der Waals surface area (Å²) in [5.74, 6) is 0.479. The van der Waals surface area contributed by atoms with E-state index in [1.165, 1.54) is 5.56 Å². The van der Waals surface area contributed by atoms with E-state index in [2.05, 4.69) is 57.2 Å². The summed E-state index contributed by atoms with van der Waals surface area (Å²) in [5, 5.41) is 0. The van der Waals surface area contributed by atoms with Crippen molar-refractivity contribution < 1.29 is 9.31 Å². The molecule has 0 radical (unpaired) electrons. The van der Waals surface area contributed by atoms with Crippen molar-refractivity contribution in [1.82, 2.24) is 0 Å². The Kier molecular flexibility index (Phi) is 7.64. The molecule has 0 bridgehead atoms. The van der Waals surface area contributed by atoms with Crippen LogP contribution in [0.5, 0.6) is 0 Å². The van der Waals surface area contributed by atoms with Gasteiger partial charge >= 0.3 is 7.12 Å². The first-order valence-corrected chi connectivity index (χ1v) is 7.55. The zero-order valence-corrected chi connectivity index (χ0v) is 13.4. The molecule has 0 aliphatic heterocycles. The summed E-state index contributed by atoms with van der Waals surface area (Å²) in [5.41, 5.74) is 2.39. The van der Waals surface area contributed by atoms with Crippen molar-refractivity contribution >= 4 is 12.6 Å². The molecule has 0 aliphatic carbocycles. The number of rotatable bonds is 8. The molecule has 1 aromatic rings. The van der Waals surface area contributed by atoms with E-state index < -0.39 is 0 Å². The van der Waals surface area contributed by atoms with Gasteiger partial charge in [-0.05, 0) is 44.1 Å². The lowest BCUT2D eigenvalue weighted by atomic mass is 9.77. The largest absolute Gasteiger partial charge is 0.494 e. The van der Waals surface area contributed by atoms with Gasteiger partial charge in [0, 0.05) is 12.7 Å². The maximum Gasteiger partial charge on any atom is 0.494 e. The minimum absolute atomic E-state index is 0.175. The summed E-state index contributed by atoms with van der Waals surface area (Å²) in [6, 6.07) is 8.49. The highest BCUT2D eigenvalue weighted by atomic mass is 16.6. The summed E-state index contributed by atoms with van der Waals surface area (Å²) in [6.45, 7) is 11.1. The molecule has 110 valence electrons. The van der Waals surface area contributed by atoms with Gasteiger partial charge in [-0.2, -0.15) is 0 Å². The monoisotopic (exact) mass is 274 g/mol. The summed E-state index contributed by atoms with van der Waals surface area (Å²) in [6.07, 6.45) is 5.38. The molecular formula is C17H27BO2. The van der Waals surface area contributed by atoms with Crippen LogP contribution in [0.2, 0.25) is 0 Å². The molecule has 0 N–H and O–H groups in total. The average molecular weight is 274 g/mol. The molecule has 1 aromatic carbocycles. The van der Waals surface area contributed by atoms with Crippen molar-refractivity contribution in [3.8, 4) is 0 Å². The Balaban J connectivity index is 2.75. The lowest BCUT2D eigenvalue weighted by Crippen LogP contribution is -2.40. The van der Waals surface area contributed by atoms with Gasteiger partial charge in [0.2, 0.25) is 0 Å². The van der Waals surface area contributed by atoms with Gasteiger partial charge in [-0.1, -0.05) is 50.3 Å². The van der Waals surface area contributed by atoms with E-state index in [-0.39, 0.29) is 13.2 Å². The van der Waals surface area contributed by atoms with Gasteiger partial charge in [-0.15, -0.1) is 0 Å². The zero-order valence-electron chi connectivity index (χ0n) is 13.4. The summed E-state index contributed by atoms with van der Waals surface area (Å²) in [7, 11) is -0.270. The van der Waals surface area contributed by atoms with Crippen LogP contribution in [0, 0.1) is 5.92 Å². The Morgan fingerprint density at radius 2 is 1.80 bits per heavy atom. The van der Waals surface area contributed by atoms with Crippen LogP contribution in [0.15, 0.2) is 36.4 Å². The number of benzene rings is 1. The van der Waals surface area contributed by atoms with E-state index in [0.717, 1.165) is 11.9 Å². The maximum absolute atomic E-state index is 6.02. The fraction of sp³-hybridized carbons (Fsp3) is 0.529. The zero-order chi connectivity index (χ0) is 15.0. The Morgan fingerprint density at radius 3 is 2.30 bits per heavy atom. The van der Waals surface area contributed by atoms with Crippen LogP contribution in [0.3, 0.4) is 0 Å². The van der Waals surface area contributed by atoms with E-state index >= 15 is 0 Å². The maximum atomic E-state index is 6.02. The molecule has 1 unspecified atom stereocenters. The normalized spacial score (nSPS) is 13.1. The fourth-order valence-electron chi connectivity index (χ4n) is 1.78. The average Bonchev–Trinajstić information content (AvgIpc) is 2.45. The first kappa shape index (κ1) is 17.0. The van der Waals surface area contributed by atoms with E-state index in [9.17, 15) is 0 Å². The predicted molar refractivity (Wildman–Crippen MR) is 87.4 cm³/mol. The molecule has 20 heavy (non-hydrogen) atoms. The van der Waals surface area contributed by atoms with Gasteiger partial charge in [0.25, 0.3) is 0 Å². The van der Waals surface area contributed by atoms with Crippen molar-refractivity contribution in [2.45, 2.75) is 47.1 Å². The molecule has 1 rings (SSSR count). The van der Waals surface area contributed by atoms with Crippen LogP contribution in [0.25, 0.3) is 0 Å². The SMILES string of the molecule is C/C=C\Cc1ccc(B(OCC)OC(C)C(C)C)cc1. The third-order valence-electron chi connectivity index (χ3n) is 3.44. The smallest absolute Gasteiger partial charge is 0.408 e. The van der Waals surface area contributed by atoms with Gasteiger partial charge in [0.1, 0.15) is 0 Å². The predicted octanol–water partition coefficient (Wildman–Crippen LogP) is 3.60. The molecule has 2 nitrogen and oxygen atoms in total. The third kappa shape index (κ3) is 5.52. The van der Waals surface area contributed by atoms with E-state index in [4.69, 9.17) is 9.31 Å². The second kappa shape index (κ2) is 8.99. The molecule has 0 amide bonds. The van der Waals surface area contributed by atoms with E-state index in [1.807, 2.05) is 13.8 Å². The van der Waals surface area contributed by atoms with Crippen molar-refractivity contribution in [2.24, 2.45) is 5.92 Å². The second-order valence-corrected chi connectivity index (χ2v) is 5.39. The highest BCUT2D eigenvalue weighted by Crippen LogP contribution is 2.09. The standard InChI is InChI=1S/C17H27BO2/c1-6-8-9-16-10-12-17(13-11-16)18(19-7-2)20-15(5)14(3)4/h6,8,10-15H,7,9H2,1-5H3/b8-6-. The minimum Gasteiger partial charge on any atom is -0.408 e. The first-order chi connectivity index (χ1) is 9.58. The van der Waals surface area contributed by atoms with Gasteiger partial charge < -0.3 is 9.31 Å². The van der Waals surface area contributed by atoms with Crippen LogP contribution in [0.4, 0.5) is 0 Å². The summed E-state index contributed by atoms with van der Waals surface area (Å²) >= 11 is 0. The van der Waals surface area contributed by atoms with Crippen molar-refractivity contribution in [3.63, 3.8) is 0 Å². The van der Waals surface area contributed by atoms with Gasteiger partial charge in [0.05, 0.1) is 0 Å². The van der Waals surface area contributed by atoms with Crippen molar-refractivity contribution in [1.29, 1.82) is 0 Å². The Bertz CT molecular complexity index is 398. The van der Waals surface area contributed by atoms with Crippen molar-refractivity contribution in [2.75, 3.05) is 6.61 Å². The molecular weight excluding hydrogens is 247 g/mol. The van der Waals surface area contributed by atoms with Crippen LogP contribution < -0.4 is 5.46 Å². The topological polar surface area (TPSA) is 18.5 Å². The van der Waals surface area contributed by atoms with Crippen molar-refractivity contribution in [3.05, 3.63) is 42.0 Å². The van der Waals surface area contributed by atoms with Gasteiger partial charge in [0.15, 0.2) is 0 Å². The third-order valence-corrected chi connectivity index (χ3v) is 3.44. The van der Waals surface area contributed by atoms with Crippen LogP contribution >= 0.6 is 0 Å². The lowest BCUT2D eigenvalue weighted by Gasteiger charge is -2.22. The quantitative estimate of drug-likeness (QED) is 0.532. The number of allylic oxidation sites excluding steroid dienone is 2. The van der Waals surface area contributed by atoms with Crippen LogP contribution in [-0.4, -0.2) is 19.8 Å². The molecule has 0 spiro atoms. The molecule has 0 aromatic heterocycles. The Labute approximate surface area is 124 Å². The van der Waals surface area contributed by atoms with E-state index in [0.29, 0.717) is 12.5 Å². The summed E-state index contributed by atoms with van der Waals surface area (Å²) in [4.78, 5) is 0. The first-order valence-electron chi connectivity index (χ1n) is 7.55. The molecule has 0 heterocycles. The highest BCUT2D eigenvalue weighted by molar-refractivity contribution is 6.61. The second-order valence-electron chi connectivity index (χ2n) is 5.39. The number of hydrogen-bond acceptors (Lipinski definition) is 2. The molecule has 1 atom stereocenters. The fourth-order valence-corrected chi connectivity index (χ4v) is 1.78. The molecule has 0 fully saturated rings. The van der Waals surface area contributed by atoms with Gasteiger partial charge in [-0.25, -0.2) is 0 Å². The molecule has 0 aliphatic rings. The molecule has 0 saturated heterocycles. The van der Waals surface area contributed by atoms with Gasteiger partial charge in [-0.3, -0.25) is 0 Å². The summed E-state index contributed by atoms with van der Waals surface area (Å²) < 4.78 is 11.8. The highest BCUT2D eigenvalue weighted by Gasteiger charge is 2.24.